The Morgan fingerprint density at radius 2 is 1.96 bits per heavy atom. The molecule has 0 aliphatic rings. The number of nitrogens with two attached hydrogens (primary N) is 1. The van der Waals surface area contributed by atoms with E-state index in [1.807, 2.05) is 58.9 Å². The zero-order valence-corrected chi connectivity index (χ0v) is 14.9. The summed E-state index contributed by atoms with van der Waals surface area (Å²) in [4.78, 5) is 12.4. The molecule has 124 valence electrons. The number of anilines is 1. The van der Waals surface area contributed by atoms with Crippen LogP contribution in [0.5, 0.6) is 0 Å². The lowest BCUT2D eigenvalue weighted by Crippen LogP contribution is -2.26. The number of nitrogens with zero attached hydrogens (tertiary/aromatic N) is 3. The van der Waals surface area contributed by atoms with E-state index >= 15 is 0 Å². The number of amides is 1. The minimum atomic E-state index is -0.339. The molecule has 2 rings (SSSR count). The molecule has 1 atom stereocenters. The SMILES string of the molecule is Cc1ccccc1NC(=O)C(C)Sc1nnc(C(C)(C)C)n1N. The quantitative estimate of drug-likeness (QED) is 0.664. The van der Waals surface area contributed by atoms with Crippen molar-refractivity contribution in [1.29, 1.82) is 0 Å². The lowest BCUT2D eigenvalue weighted by Gasteiger charge is -2.17. The van der Waals surface area contributed by atoms with E-state index in [1.165, 1.54) is 16.4 Å². The van der Waals surface area contributed by atoms with Gasteiger partial charge in [0.2, 0.25) is 11.1 Å². The molecule has 1 aromatic carbocycles. The van der Waals surface area contributed by atoms with Crippen molar-refractivity contribution in [3.8, 4) is 0 Å². The summed E-state index contributed by atoms with van der Waals surface area (Å²) >= 11 is 1.29. The standard InChI is InChI=1S/C16H23N5OS/c1-10-8-6-7-9-12(10)18-13(22)11(2)23-15-20-19-14(21(15)17)16(3,4)5/h6-9,11H,17H2,1-5H3,(H,18,22). The van der Waals surface area contributed by atoms with Gasteiger partial charge in [-0.25, -0.2) is 4.68 Å². The number of hydrogen-bond donors (Lipinski definition) is 2. The fourth-order valence-corrected chi connectivity index (χ4v) is 2.80. The molecule has 2 aromatic rings. The molecule has 0 fully saturated rings. The van der Waals surface area contributed by atoms with Crippen LogP contribution in [0.4, 0.5) is 5.69 Å². The topological polar surface area (TPSA) is 85.8 Å². The first-order chi connectivity index (χ1) is 10.7. The monoisotopic (exact) mass is 333 g/mol. The average molecular weight is 333 g/mol. The van der Waals surface area contributed by atoms with E-state index < -0.39 is 0 Å². The maximum atomic E-state index is 12.4. The first-order valence-corrected chi connectivity index (χ1v) is 8.32. The van der Waals surface area contributed by atoms with Crippen molar-refractivity contribution in [2.75, 3.05) is 11.2 Å². The van der Waals surface area contributed by atoms with Crippen LogP contribution in [0.2, 0.25) is 0 Å². The normalized spacial score (nSPS) is 12.9. The van der Waals surface area contributed by atoms with Crippen molar-refractivity contribution in [3.63, 3.8) is 0 Å². The molecule has 0 spiro atoms. The highest BCUT2D eigenvalue weighted by atomic mass is 32.2. The Labute approximate surface area is 140 Å². The van der Waals surface area contributed by atoms with Gasteiger partial charge in [0.1, 0.15) is 0 Å². The van der Waals surface area contributed by atoms with Crippen LogP contribution >= 0.6 is 11.8 Å². The van der Waals surface area contributed by atoms with Gasteiger partial charge in [0, 0.05) is 11.1 Å². The third kappa shape index (κ3) is 4.04. The summed E-state index contributed by atoms with van der Waals surface area (Å²) in [6, 6.07) is 7.67. The molecule has 0 aliphatic heterocycles. The summed E-state index contributed by atoms with van der Waals surface area (Å²) in [7, 11) is 0. The van der Waals surface area contributed by atoms with Crippen LogP contribution in [-0.2, 0) is 10.2 Å². The van der Waals surface area contributed by atoms with E-state index in [2.05, 4.69) is 15.5 Å². The zero-order chi connectivity index (χ0) is 17.2. The number of rotatable bonds is 4. The molecule has 1 aromatic heterocycles. The number of benzene rings is 1. The number of nitrogen functional groups attached to an aromatic ring is 1. The number of carbonyl (C=O) groups is 1. The van der Waals surface area contributed by atoms with Crippen LogP contribution < -0.4 is 11.2 Å². The maximum Gasteiger partial charge on any atom is 0.237 e. The number of hydrogen-bond acceptors (Lipinski definition) is 5. The molecule has 23 heavy (non-hydrogen) atoms. The van der Waals surface area contributed by atoms with E-state index in [4.69, 9.17) is 5.84 Å². The van der Waals surface area contributed by atoms with Gasteiger partial charge in [-0.15, -0.1) is 10.2 Å². The Balaban J connectivity index is 2.07. The van der Waals surface area contributed by atoms with Gasteiger partial charge in [-0.1, -0.05) is 50.7 Å². The molecule has 7 heteroatoms. The van der Waals surface area contributed by atoms with Gasteiger partial charge in [0.25, 0.3) is 0 Å². The van der Waals surface area contributed by atoms with Crippen molar-refractivity contribution in [3.05, 3.63) is 35.7 Å². The maximum absolute atomic E-state index is 12.4. The summed E-state index contributed by atoms with van der Waals surface area (Å²) in [5.74, 6) is 6.65. The number of carbonyl (C=O) groups excluding carboxylic acids is 1. The Hall–Kier alpha value is -2.02. The Kier molecular flexibility index (Phi) is 4.99. The number of nitrogens with one attached hydrogen (secondary N) is 1. The lowest BCUT2D eigenvalue weighted by molar-refractivity contribution is -0.115. The minimum Gasteiger partial charge on any atom is -0.336 e. The van der Waals surface area contributed by atoms with Crippen molar-refractivity contribution >= 4 is 23.4 Å². The first kappa shape index (κ1) is 17.3. The highest BCUT2D eigenvalue weighted by molar-refractivity contribution is 8.00. The highest BCUT2D eigenvalue weighted by Gasteiger charge is 2.25. The second-order valence-electron chi connectivity index (χ2n) is 6.49. The van der Waals surface area contributed by atoms with Gasteiger partial charge < -0.3 is 11.2 Å². The molecule has 6 nitrogen and oxygen atoms in total. The summed E-state index contributed by atoms with van der Waals surface area (Å²) in [6.45, 7) is 9.83. The van der Waals surface area contributed by atoms with E-state index in [9.17, 15) is 4.79 Å². The van der Waals surface area contributed by atoms with Gasteiger partial charge in [-0.05, 0) is 25.5 Å². The largest absolute Gasteiger partial charge is 0.336 e. The van der Waals surface area contributed by atoms with Crippen LogP contribution in [0, 0.1) is 6.92 Å². The summed E-state index contributed by atoms with van der Waals surface area (Å²) < 4.78 is 1.46. The van der Waals surface area contributed by atoms with Crippen molar-refractivity contribution < 1.29 is 4.79 Å². The second-order valence-corrected chi connectivity index (χ2v) is 7.80. The van der Waals surface area contributed by atoms with Crippen LogP contribution in [0.25, 0.3) is 0 Å². The lowest BCUT2D eigenvalue weighted by atomic mass is 9.96. The van der Waals surface area contributed by atoms with Crippen molar-refractivity contribution in [2.45, 2.75) is 50.4 Å². The van der Waals surface area contributed by atoms with Gasteiger partial charge in [-0.3, -0.25) is 4.79 Å². The molecule has 0 bridgehead atoms. The van der Waals surface area contributed by atoms with E-state index in [0.29, 0.717) is 11.0 Å². The molecular formula is C16H23N5OS. The molecule has 0 radical (unpaired) electrons. The summed E-state index contributed by atoms with van der Waals surface area (Å²) in [5.41, 5.74) is 1.64. The molecule has 1 amide bonds. The molecule has 1 unspecified atom stereocenters. The fourth-order valence-electron chi connectivity index (χ4n) is 2.03. The molecule has 1 heterocycles. The fraction of sp³-hybridized carbons (Fsp3) is 0.438. The number of thioether (sulfide) groups is 1. The van der Waals surface area contributed by atoms with Gasteiger partial charge >= 0.3 is 0 Å². The predicted octanol–water partition coefficient (Wildman–Crippen LogP) is 2.72. The zero-order valence-electron chi connectivity index (χ0n) is 14.1. The number of para-hydroxylation sites is 1. The summed E-state index contributed by atoms with van der Waals surface area (Å²) in [6.07, 6.45) is 0. The molecular weight excluding hydrogens is 310 g/mol. The Morgan fingerprint density at radius 3 is 2.52 bits per heavy atom. The molecule has 0 aliphatic carbocycles. The Morgan fingerprint density at radius 1 is 1.30 bits per heavy atom. The van der Waals surface area contributed by atoms with Crippen molar-refractivity contribution in [1.82, 2.24) is 14.9 Å². The first-order valence-electron chi connectivity index (χ1n) is 7.44. The number of aryl methyl sites for hydroxylation is 1. The van der Waals surface area contributed by atoms with Crippen LogP contribution in [-0.4, -0.2) is 26.0 Å². The van der Waals surface area contributed by atoms with E-state index in [-0.39, 0.29) is 16.6 Å². The van der Waals surface area contributed by atoms with Crippen LogP contribution in [0.3, 0.4) is 0 Å². The minimum absolute atomic E-state index is 0.0930. The van der Waals surface area contributed by atoms with E-state index in [0.717, 1.165) is 11.3 Å². The third-order valence-electron chi connectivity index (χ3n) is 3.39. The highest BCUT2D eigenvalue weighted by Crippen LogP contribution is 2.26. The van der Waals surface area contributed by atoms with E-state index in [1.54, 1.807) is 0 Å². The average Bonchev–Trinajstić information content (AvgIpc) is 2.82. The molecule has 0 saturated carbocycles. The third-order valence-corrected chi connectivity index (χ3v) is 4.45. The summed E-state index contributed by atoms with van der Waals surface area (Å²) in [5, 5.41) is 11.4. The van der Waals surface area contributed by atoms with Crippen molar-refractivity contribution in [2.24, 2.45) is 0 Å². The smallest absolute Gasteiger partial charge is 0.237 e. The van der Waals surface area contributed by atoms with Gasteiger partial charge in [0.05, 0.1) is 5.25 Å². The van der Waals surface area contributed by atoms with Crippen LogP contribution in [0.15, 0.2) is 29.4 Å². The predicted molar refractivity (Wildman–Crippen MR) is 94.0 cm³/mol. The van der Waals surface area contributed by atoms with Gasteiger partial charge in [-0.2, -0.15) is 0 Å². The number of aromatic nitrogens is 3. The second kappa shape index (κ2) is 6.62. The Bertz CT molecular complexity index is 705. The van der Waals surface area contributed by atoms with Crippen LogP contribution in [0.1, 0.15) is 39.1 Å². The van der Waals surface area contributed by atoms with Gasteiger partial charge in [0.15, 0.2) is 5.82 Å². The molecule has 3 N–H and O–H groups in total. The molecule has 0 saturated heterocycles.